The number of fused-ring (bicyclic) bond motifs is 3. The summed E-state index contributed by atoms with van der Waals surface area (Å²) >= 11 is 1.45. The van der Waals surface area contributed by atoms with E-state index in [0.29, 0.717) is 17.0 Å². The number of aromatic nitrogens is 4. The van der Waals surface area contributed by atoms with Crippen LogP contribution in [0.2, 0.25) is 0 Å². The van der Waals surface area contributed by atoms with Gasteiger partial charge in [0.2, 0.25) is 5.82 Å². The Labute approximate surface area is 192 Å². The van der Waals surface area contributed by atoms with E-state index in [1.165, 1.54) is 46.0 Å². The summed E-state index contributed by atoms with van der Waals surface area (Å²) in [7, 11) is 1.27. The quantitative estimate of drug-likeness (QED) is 0.442. The molecule has 0 N–H and O–H groups in total. The summed E-state index contributed by atoms with van der Waals surface area (Å²) in [6.07, 6.45) is 1.59. The molecule has 1 aliphatic rings. The van der Waals surface area contributed by atoms with Crippen LogP contribution in [0.4, 0.5) is 8.78 Å². The Balaban J connectivity index is 1.59. The lowest BCUT2D eigenvalue weighted by Gasteiger charge is -2.34. The zero-order valence-electron chi connectivity index (χ0n) is 18.4. The Morgan fingerprint density at radius 2 is 1.94 bits per heavy atom. The number of methoxy groups -OCH3 is 1. The van der Waals surface area contributed by atoms with Gasteiger partial charge in [-0.3, -0.25) is 9.47 Å². The molecule has 4 heterocycles. The Morgan fingerprint density at radius 3 is 2.67 bits per heavy atom. The molecule has 2 atom stereocenters. The fourth-order valence-electron chi connectivity index (χ4n) is 4.43. The number of halogens is 2. The minimum Gasteiger partial charge on any atom is -0.494 e. The van der Waals surface area contributed by atoms with Gasteiger partial charge in [0.25, 0.3) is 0 Å². The van der Waals surface area contributed by atoms with Crippen molar-refractivity contribution < 1.29 is 18.3 Å². The average molecular weight is 476 g/mol. The average Bonchev–Trinajstić information content (AvgIpc) is 3.40. The van der Waals surface area contributed by atoms with Crippen LogP contribution in [-0.4, -0.2) is 56.5 Å². The van der Waals surface area contributed by atoms with Crippen molar-refractivity contribution in [3.05, 3.63) is 57.1 Å². The standard InChI is InChI=1S/C22H23F2N5O3S/c1-12-7-27(8-13(2)32-12)10-15-6-16-20-25-11-26-29(20)22(30)28(21(16)33-15)9-14-4-5-17(31-3)19(24)18(14)23/h4-6,11-13H,7-10H2,1-3H3. The first kappa shape index (κ1) is 21.9. The molecule has 1 aromatic carbocycles. The number of thiophene rings is 1. The molecule has 0 bridgehead atoms. The van der Waals surface area contributed by atoms with Crippen LogP contribution in [0.25, 0.3) is 15.9 Å². The number of nitrogens with zero attached hydrogens (tertiary/aromatic N) is 5. The van der Waals surface area contributed by atoms with E-state index in [9.17, 15) is 13.6 Å². The normalized spacial score (nSPS) is 19.5. The molecule has 1 saturated heterocycles. The number of hydrogen-bond donors (Lipinski definition) is 0. The van der Waals surface area contributed by atoms with Gasteiger partial charge in [-0.05, 0) is 26.0 Å². The van der Waals surface area contributed by atoms with Gasteiger partial charge < -0.3 is 9.47 Å². The number of rotatable bonds is 5. The molecule has 1 fully saturated rings. The highest BCUT2D eigenvalue weighted by atomic mass is 32.1. The molecule has 174 valence electrons. The van der Waals surface area contributed by atoms with Crippen LogP contribution in [0.5, 0.6) is 5.75 Å². The monoisotopic (exact) mass is 475 g/mol. The number of hydrogen-bond acceptors (Lipinski definition) is 7. The summed E-state index contributed by atoms with van der Waals surface area (Å²) in [6, 6.07) is 4.77. The minimum absolute atomic E-state index is 0.0435. The van der Waals surface area contributed by atoms with Gasteiger partial charge in [0.05, 0.1) is 31.2 Å². The first-order valence-corrected chi connectivity index (χ1v) is 11.4. The van der Waals surface area contributed by atoms with E-state index in [-0.39, 0.29) is 30.1 Å². The number of ether oxygens (including phenoxy) is 2. The third kappa shape index (κ3) is 3.90. The summed E-state index contributed by atoms with van der Waals surface area (Å²) < 4.78 is 42.2. The molecule has 1 aliphatic heterocycles. The highest BCUT2D eigenvalue weighted by Crippen LogP contribution is 2.30. The maximum Gasteiger partial charge on any atom is 0.352 e. The number of benzene rings is 1. The van der Waals surface area contributed by atoms with E-state index in [0.717, 1.165) is 23.4 Å². The predicted octanol–water partition coefficient (Wildman–Crippen LogP) is 3.05. The second-order valence-corrected chi connectivity index (χ2v) is 9.42. The first-order valence-electron chi connectivity index (χ1n) is 10.6. The minimum atomic E-state index is -1.08. The first-order chi connectivity index (χ1) is 15.9. The SMILES string of the molecule is COc1ccc(Cn2c(=O)n3ncnc3c3cc(CN4CC(C)OC(C)C4)sc32)c(F)c1F. The van der Waals surface area contributed by atoms with E-state index in [1.807, 2.05) is 19.9 Å². The van der Waals surface area contributed by atoms with Crippen molar-refractivity contribution in [1.29, 1.82) is 0 Å². The van der Waals surface area contributed by atoms with Gasteiger partial charge >= 0.3 is 5.69 Å². The van der Waals surface area contributed by atoms with Crippen molar-refractivity contribution in [3.8, 4) is 5.75 Å². The lowest BCUT2D eigenvalue weighted by atomic mass is 10.2. The van der Waals surface area contributed by atoms with Gasteiger partial charge in [-0.25, -0.2) is 14.2 Å². The van der Waals surface area contributed by atoms with Crippen molar-refractivity contribution in [2.45, 2.75) is 39.1 Å². The highest BCUT2D eigenvalue weighted by molar-refractivity contribution is 7.18. The van der Waals surface area contributed by atoms with Crippen molar-refractivity contribution in [1.82, 2.24) is 24.1 Å². The fourth-order valence-corrected chi connectivity index (χ4v) is 5.62. The second kappa shape index (κ2) is 8.47. The fraction of sp³-hybridized carbons (Fsp3) is 0.409. The van der Waals surface area contributed by atoms with Gasteiger partial charge in [0, 0.05) is 30.1 Å². The summed E-state index contributed by atoms with van der Waals surface area (Å²) in [4.78, 5) is 21.4. The van der Waals surface area contributed by atoms with Crippen molar-refractivity contribution in [2.24, 2.45) is 0 Å². The molecule has 0 saturated carbocycles. The molecule has 11 heteroatoms. The topological polar surface area (TPSA) is 73.9 Å². The summed E-state index contributed by atoms with van der Waals surface area (Å²) in [5, 5.41) is 4.79. The Kier molecular flexibility index (Phi) is 5.63. The lowest BCUT2D eigenvalue weighted by molar-refractivity contribution is -0.0702. The molecule has 5 rings (SSSR count). The molecule has 0 spiro atoms. The summed E-state index contributed by atoms with van der Waals surface area (Å²) in [5.41, 5.74) is 0.0217. The molecule has 3 aromatic heterocycles. The van der Waals surface area contributed by atoms with Crippen LogP contribution < -0.4 is 10.4 Å². The van der Waals surface area contributed by atoms with Crippen LogP contribution >= 0.6 is 11.3 Å². The molecule has 0 radical (unpaired) electrons. The molecule has 0 aliphatic carbocycles. The maximum atomic E-state index is 14.7. The molecule has 8 nitrogen and oxygen atoms in total. The molecule has 33 heavy (non-hydrogen) atoms. The smallest absolute Gasteiger partial charge is 0.352 e. The zero-order chi connectivity index (χ0) is 23.3. The molecular formula is C22H23F2N5O3S. The van der Waals surface area contributed by atoms with Crippen molar-refractivity contribution >= 4 is 27.2 Å². The highest BCUT2D eigenvalue weighted by Gasteiger charge is 2.24. The summed E-state index contributed by atoms with van der Waals surface area (Å²) in [6.45, 7) is 6.26. The largest absolute Gasteiger partial charge is 0.494 e. The van der Waals surface area contributed by atoms with Gasteiger partial charge in [0.1, 0.15) is 11.2 Å². The zero-order valence-corrected chi connectivity index (χ0v) is 19.2. The van der Waals surface area contributed by atoms with Crippen LogP contribution in [0.15, 0.2) is 29.3 Å². The Morgan fingerprint density at radius 1 is 1.18 bits per heavy atom. The molecule has 0 amide bonds. The van der Waals surface area contributed by atoms with Crippen LogP contribution in [0.1, 0.15) is 24.3 Å². The van der Waals surface area contributed by atoms with Gasteiger partial charge in [-0.1, -0.05) is 6.07 Å². The van der Waals surface area contributed by atoms with Crippen LogP contribution in [0, 0.1) is 11.6 Å². The lowest BCUT2D eigenvalue weighted by Crippen LogP contribution is -2.44. The van der Waals surface area contributed by atoms with Gasteiger partial charge in [-0.2, -0.15) is 14.0 Å². The number of morpholine rings is 1. The van der Waals surface area contributed by atoms with Gasteiger partial charge in [0.15, 0.2) is 17.2 Å². The second-order valence-electron chi connectivity index (χ2n) is 8.30. The predicted molar refractivity (Wildman–Crippen MR) is 120 cm³/mol. The van der Waals surface area contributed by atoms with Gasteiger partial charge in [-0.15, -0.1) is 11.3 Å². The molecule has 2 unspecified atom stereocenters. The van der Waals surface area contributed by atoms with E-state index in [1.54, 1.807) is 0 Å². The van der Waals surface area contributed by atoms with Crippen LogP contribution in [-0.2, 0) is 17.8 Å². The summed E-state index contributed by atoms with van der Waals surface area (Å²) in [5.74, 6) is -2.31. The third-order valence-electron chi connectivity index (χ3n) is 5.76. The Bertz CT molecular complexity index is 1390. The van der Waals surface area contributed by atoms with E-state index >= 15 is 0 Å². The third-order valence-corrected chi connectivity index (χ3v) is 6.90. The Hall–Kier alpha value is -2.89. The van der Waals surface area contributed by atoms with E-state index in [4.69, 9.17) is 9.47 Å². The van der Waals surface area contributed by atoms with Crippen LogP contribution in [0.3, 0.4) is 0 Å². The van der Waals surface area contributed by atoms with Crippen molar-refractivity contribution in [3.63, 3.8) is 0 Å². The maximum absolute atomic E-state index is 14.7. The molecule has 4 aromatic rings. The van der Waals surface area contributed by atoms with E-state index < -0.39 is 17.3 Å². The molecular weight excluding hydrogens is 452 g/mol. The van der Waals surface area contributed by atoms with E-state index in [2.05, 4.69) is 15.0 Å². The van der Waals surface area contributed by atoms with Crippen molar-refractivity contribution in [2.75, 3.05) is 20.2 Å².